The van der Waals surface area contributed by atoms with E-state index in [0.717, 1.165) is 10.0 Å². The van der Waals surface area contributed by atoms with Gasteiger partial charge in [-0.3, -0.25) is 9.59 Å². The number of carbonyl (C=O) groups excluding carboxylic acids is 1. The van der Waals surface area contributed by atoms with Crippen molar-refractivity contribution < 1.29 is 9.53 Å². The summed E-state index contributed by atoms with van der Waals surface area (Å²) >= 11 is 13.1. The number of rotatable bonds is 6. The molecule has 3 aromatic carbocycles. The third kappa shape index (κ3) is 5.80. The minimum absolute atomic E-state index is 0.236. The van der Waals surface area contributed by atoms with E-state index < -0.39 is 0 Å². The fourth-order valence-electron chi connectivity index (χ4n) is 3.38. The molecule has 0 aliphatic carbocycles. The summed E-state index contributed by atoms with van der Waals surface area (Å²) in [4.78, 5) is 30.0. The molecule has 10 heteroatoms. The monoisotopic (exact) mass is 616 g/mol. The number of aryl methyl sites for hydroxylation is 2. The fraction of sp³-hybridized carbons (Fsp3) is 0.120. The van der Waals surface area contributed by atoms with E-state index in [1.54, 1.807) is 31.2 Å². The molecule has 178 valence electrons. The first-order valence-corrected chi connectivity index (χ1v) is 12.4. The minimum atomic E-state index is -0.319. The van der Waals surface area contributed by atoms with Crippen LogP contribution in [0.3, 0.4) is 0 Å². The second-order valence-corrected chi connectivity index (χ2v) is 9.85. The van der Waals surface area contributed by atoms with Crippen LogP contribution in [0.2, 0.25) is 5.02 Å². The second-order valence-electron chi connectivity index (χ2n) is 7.64. The topological polar surface area (TPSA) is 85.6 Å². The summed E-state index contributed by atoms with van der Waals surface area (Å²) in [5.41, 5.74) is 2.40. The Morgan fingerprint density at radius 2 is 1.94 bits per heavy atom. The van der Waals surface area contributed by atoms with Crippen LogP contribution < -0.4 is 15.6 Å². The van der Waals surface area contributed by atoms with Crippen molar-refractivity contribution in [3.8, 4) is 5.75 Å². The van der Waals surface area contributed by atoms with Crippen LogP contribution in [0.1, 0.15) is 17.0 Å². The molecule has 0 aliphatic rings. The van der Waals surface area contributed by atoms with Crippen molar-refractivity contribution in [3.05, 3.63) is 95.9 Å². The standard InChI is InChI=1S/C25H19Br2ClN4O3/c1-14-5-3-4-6-21(14)31-23(33)13-35-24-16(9-18(28)11-20(24)27)12-29-32-15(2)30-22-8-7-17(26)10-19(22)25(32)34/h3-12H,13H2,1-2H3,(H,31,33). The number of anilines is 1. The zero-order valence-electron chi connectivity index (χ0n) is 18.7. The number of aromatic nitrogens is 2. The van der Waals surface area contributed by atoms with Crippen LogP contribution in [0.5, 0.6) is 5.75 Å². The first-order chi connectivity index (χ1) is 16.7. The maximum atomic E-state index is 13.0. The van der Waals surface area contributed by atoms with E-state index in [2.05, 4.69) is 47.3 Å². The molecule has 0 unspecified atom stereocenters. The lowest BCUT2D eigenvalue weighted by Crippen LogP contribution is -2.21. The van der Waals surface area contributed by atoms with Gasteiger partial charge in [-0.05, 0) is 71.7 Å². The van der Waals surface area contributed by atoms with Crippen LogP contribution in [0.4, 0.5) is 5.69 Å². The highest BCUT2D eigenvalue weighted by Gasteiger charge is 2.13. The van der Waals surface area contributed by atoms with Gasteiger partial charge in [-0.2, -0.15) is 9.78 Å². The fourth-order valence-corrected chi connectivity index (χ4v) is 4.69. The number of ether oxygens (including phenoxy) is 1. The summed E-state index contributed by atoms with van der Waals surface area (Å²) in [7, 11) is 0. The smallest absolute Gasteiger partial charge is 0.282 e. The highest BCUT2D eigenvalue weighted by molar-refractivity contribution is 9.10. The Hall–Kier alpha value is -3.01. The lowest BCUT2D eigenvalue weighted by molar-refractivity contribution is -0.118. The normalized spacial score (nSPS) is 11.2. The van der Waals surface area contributed by atoms with E-state index in [9.17, 15) is 9.59 Å². The van der Waals surface area contributed by atoms with E-state index in [1.165, 1.54) is 10.9 Å². The Bertz CT molecular complexity index is 1540. The summed E-state index contributed by atoms with van der Waals surface area (Å²) in [6, 6.07) is 16.1. The molecule has 1 amide bonds. The first-order valence-electron chi connectivity index (χ1n) is 10.4. The predicted octanol–water partition coefficient (Wildman–Crippen LogP) is 6.09. The van der Waals surface area contributed by atoms with Gasteiger partial charge in [-0.1, -0.05) is 45.7 Å². The summed E-state index contributed by atoms with van der Waals surface area (Å²) < 4.78 is 8.33. The van der Waals surface area contributed by atoms with Crippen molar-refractivity contribution in [1.29, 1.82) is 0 Å². The molecule has 0 aliphatic heterocycles. The SMILES string of the molecule is Cc1ccccc1NC(=O)COc1c(Br)cc(Cl)cc1C=Nn1c(C)nc2ccc(Br)cc2c1=O. The quantitative estimate of drug-likeness (QED) is 0.265. The number of fused-ring (bicyclic) bond motifs is 1. The van der Waals surface area contributed by atoms with Crippen LogP contribution >= 0.6 is 43.5 Å². The Kier molecular flexibility index (Phi) is 7.69. The van der Waals surface area contributed by atoms with Crippen LogP contribution in [-0.2, 0) is 4.79 Å². The van der Waals surface area contributed by atoms with Gasteiger partial charge in [0.1, 0.15) is 11.6 Å². The molecule has 0 saturated carbocycles. The Morgan fingerprint density at radius 1 is 1.17 bits per heavy atom. The second kappa shape index (κ2) is 10.7. The van der Waals surface area contributed by atoms with Crippen LogP contribution in [0.15, 0.2) is 73.4 Å². The number of halogens is 3. The summed E-state index contributed by atoms with van der Waals surface area (Å²) in [6.07, 6.45) is 1.45. The zero-order valence-corrected chi connectivity index (χ0v) is 22.6. The third-order valence-electron chi connectivity index (χ3n) is 5.09. The molecule has 35 heavy (non-hydrogen) atoms. The van der Waals surface area contributed by atoms with Crippen LogP contribution in [0, 0.1) is 13.8 Å². The van der Waals surface area contributed by atoms with Crippen molar-refractivity contribution in [2.45, 2.75) is 13.8 Å². The highest BCUT2D eigenvalue weighted by atomic mass is 79.9. The van der Waals surface area contributed by atoms with Gasteiger partial charge in [0, 0.05) is 20.7 Å². The van der Waals surface area contributed by atoms with Gasteiger partial charge in [-0.25, -0.2) is 4.98 Å². The van der Waals surface area contributed by atoms with Crippen molar-refractivity contribution in [1.82, 2.24) is 9.66 Å². The molecule has 1 heterocycles. The minimum Gasteiger partial charge on any atom is -0.482 e. The lowest BCUT2D eigenvalue weighted by Gasteiger charge is -2.13. The average Bonchev–Trinajstić information content (AvgIpc) is 2.80. The largest absolute Gasteiger partial charge is 0.482 e. The molecule has 0 bridgehead atoms. The number of nitrogens with zero attached hydrogens (tertiary/aromatic N) is 3. The molecule has 4 aromatic rings. The molecule has 0 spiro atoms. The lowest BCUT2D eigenvalue weighted by atomic mass is 10.2. The molecule has 1 N–H and O–H groups in total. The molecule has 0 radical (unpaired) electrons. The van der Waals surface area contributed by atoms with E-state index in [0.29, 0.717) is 43.2 Å². The predicted molar refractivity (Wildman–Crippen MR) is 146 cm³/mol. The summed E-state index contributed by atoms with van der Waals surface area (Å²) in [5, 5.41) is 8.03. The number of para-hydroxylation sites is 1. The molecule has 0 saturated heterocycles. The van der Waals surface area contributed by atoms with Crippen LogP contribution in [0.25, 0.3) is 10.9 Å². The molecular formula is C25H19Br2ClN4O3. The maximum Gasteiger partial charge on any atom is 0.282 e. The number of hydrogen-bond acceptors (Lipinski definition) is 5. The zero-order chi connectivity index (χ0) is 25.1. The van der Waals surface area contributed by atoms with E-state index in [4.69, 9.17) is 16.3 Å². The maximum absolute atomic E-state index is 13.0. The van der Waals surface area contributed by atoms with Gasteiger partial charge in [0.2, 0.25) is 0 Å². The van der Waals surface area contributed by atoms with E-state index in [-0.39, 0.29) is 18.1 Å². The van der Waals surface area contributed by atoms with Gasteiger partial charge >= 0.3 is 0 Å². The molecule has 0 atom stereocenters. The number of hydrogen-bond donors (Lipinski definition) is 1. The molecular weight excluding hydrogens is 600 g/mol. The van der Waals surface area contributed by atoms with E-state index in [1.807, 2.05) is 37.3 Å². The van der Waals surface area contributed by atoms with Gasteiger partial charge in [0.25, 0.3) is 11.5 Å². The Balaban J connectivity index is 1.62. The van der Waals surface area contributed by atoms with Gasteiger partial charge < -0.3 is 10.1 Å². The van der Waals surface area contributed by atoms with Gasteiger partial charge in [-0.15, -0.1) is 0 Å². The van der Waals surface area contributed by atoms with Crippen molar-refractivity contribution in [2.24, 2.45) is 5.10 Å². The summed E-state index contributed by atoms with van der Waals surface area (Å²) in [5.74, 6) is 0.461. The number of benzene rings is 3. The van der Waals surface area contributed by atoms with Crippen molar-refractivity contribution in [2.75, 3.05) is 11.9 Å². The van der Waals surface area contributed by atoms with Gasteiger partial charge in [0.15, 0.2) is 6.61 Å². The van der Waals surface area contributed by atoms with Gasteiger partial charge in [0.05, 0.1) is 21.6 Å². The summed E-state index contributed by atoms with van der Waals surface area (Å²) in [6.45, 7) is 3.37. The third-order valence-corrected chi connectivity index (χ3v) is 6.39. The Labute approximate surface area is 223 Å². The first kappa shape index (κ1) is 25.1. The number of nitrogens with one attached hydrogen (secondary N) is 1. The van der Waals surface area contributed by atoms with Crippen LogP contribution in [-0.4, -0.2) is 28.4 Å². The molecule has 1 aromatic heterocycles. The average molecular weight is 619 g/mol. The van der Waals surface area contributed by atoms with E-state index >= 15 is 0 Å². The molecule has 7 nitrogen and oxygen atoms in total. The van der Waals surface area contributed by atoms with Crippen molar-refractivity contribution in [3.63, 3.8) is 0 Å². The molecule has 4 rings (SSSR count). The number of amides is 1. The highest BCUT2D eigenvalue weighted by Crippen LogP contribution is 2.32. The number of carbonyl (C=O) groups is 1. The molecule has 0 fully saturated rings. The Morgan fingerprint density at radius 3 is 2.71 bits per heavy atom. The van der Waals surface area contributed by atoms with Crippen molar-refractivity contribution >= 4 is 72.2 Å².